The van der Waals surface area contributed by atoms with Crippen molar-refractivity contribution in [1.82, 2.24) is 9.97 Å². The van der Waals surface area contributed by atoms with Gasteiger partial charge in [0.2, 0.25) is 0 Å². The van der Waals surface area contributed by atoms with E-state index in [1.807, 2.05) is 52.1 Å². The topological polar surface area (TPSA) is 38.1 Å². The van der Waals surface area contributed by atoms with Crippen LogP contribution in [-0.2, 0) is 0 Å². The molecule has 0 bridgehead atoms. The first kappa shape index (κ1) is 24.7. The van der Waals surface area contributed by atoms with Crippen LogP contribution < -0.4 is 0 Å². The lowest BCUT2D eigenvalue weighted by molar-refractivity contribution is 1.26. The second kappa shape index (κ2) is 13.8. The van der Waals surface area contributed by atoms with E-state index in [2.05, 4.69) is 59.9 Å². The van der Waals surface area contributed by atoms with Crippen molar-refractivity contribution in [2.45, 2.75) is 34.6 Å². The van der Waals surface area contributed by atoms with E-state index in [1.165, 1.54) is 5.56 Å². The van der Waals surface area contributed by atoms with Crippen LogP contribution in [0.4, 0.5) is 0 Å². The number of aryl methyl sites for hydroxylation is 1. The van der Waals surface area contributed by atoms with E-state index in [1.54, 1.807) is 25.5 Å². The minimum Gasteiger partial charge on any atom is -0.296 e. The van der Waals surface area contributed by atoms with Gasteiger partial charge in [-0.05, 0) is 42.3 Å². The van der Waals surface area contributed by atoms with Crippen molar-refractivity contribution in [1.29, 1.82) is 0 Å². The highest BCUT2D eigenvalue weighted by atomic mass is 14.7. The molecule has 0 amide bonds. The number of benzene rings is 1. The number of rotatable bonds is 5. The summed E-state index contributed by atoms with van der Waals surface area (Å²) in [5.74, 6) is 0. The third kappa shape index (κ3) is 6.93. The summed E-state index contributed by atoms with van der Waals surface area (Å²) in [5.41, 5.74) is 7.12. The van der Waals surface area contributed by atoms with Gasteiger partial charge in [-0.3, -0.25) is 9.98 Å². The van der Waals surface area contributed by atoms with Crippen LogP contribution in [0.2, 0.25) is 0 Å². The smallest absolute Gasteiger partial charge is 0.0731 e. The van der Waals surface area contributed by atoms with Crippen LogP contribution in [0.3, 0.4) is 0 Å². The quantitative estimate of drug-likeness (QED) is 0.330. The molecule has 2 heterocycles. The number of aromatic nitrogens is 2. The monoisotopic (exact) mass is 399 g/mol. The summed E-state index contributed by atoms with van der Waals surface area (Å²) in [6, 6.07) is 16.6. The van der Waals surface area contributed by atoms with Crippen LogP contribution in [0.25, 0.3) is 28.0 Å². The van der Waals surface area contributed by atoms with E-state index in [-0.39, 0.29) is 0 Å². The Labute approximate surface area is 182 Å². The van der Waals surface area contributed by atoms with E-state index in [9.17, 15) is 0 Å². The van der Waals surface area contributed by atoms with Crippen LogP contribution in [0.1, 0.15) is 39.0 Å². The van der Waals surface area contributed by atoms with Gasteiger partial charge in [-0.25, -0.2) is 4.98 Å². The van der Waals surface area contributed by atoms with E-state index < -0.39 is 0 Å². The van der Waals surface area contributed by atoms with Gasteiger partial charge in [0.25, 0.3) is 0 Å². The molecule has 1 aromatic carbocycles. The van der Waals surface area contributed by atoms with E-state index in [4.69, 9.17) is 4.98 Å². The minimum atomic E-state index is 0.855. The van der Waals surface area contributed by atoms with Crippen molar-refractivity contribution in [3.8, 4) is 22.4 Å². The summed E-state index contributed by atoms with van der Waals surface area (Å²) in [6.07, 6.45) is 9.07. The molecule has 0 aliphatic carbocycles. The standard InChI is InChI=1S/C23H21N3.2C2H6/c1-4-7-19(15-24-3)22-13-21(18-9-5-8-17(2)12-18)14-23(26-22)20-10-6-11-25-16-20;2*1-2/h4-16H,1H2,2-3H3;2*1-2H3/b19-7+,24-15?;;. The minimum absolute atomic E-state index is 0.855. The molecule has 0 aliphatic heterocycles. The Morgan fingerprint density at radius 2 is 1.67 bits per heavy atom. The SMILES string of the molecule is C=C/C=C(\C=NC)c1cc(-c2cccc(C)c2)cc(-c2cccnc2)n1.CC.CC. The highest BCUT2D eigenvalue weighted by molar-refractivity contribution is 6.09. The van der Waals surface area contributed by atoms with Crippen molar-refractivity contribution in [3.63, 3.8) is 0 Å². The number of hydrogen-bond donors (Lipinski definition) is 0. The predicted octanol–water partition coefficient (Wildman–Crippen LogP) is 7.44. The fourth-order valence-corrected chi connectivity index (χ4v) is 2.79. The van der Waals surface area contributed by atoms with Crippen LogP contribution in [0.15, 0.2) is 84.6 Å². The zero-order chi connectivity index (χ0) is 22.4. The van der Waals surface area contributed by atoms with Gasteiger partial charge in [0.15, 0.2) is 0 Å². The van der Waals surface area contributed by atoms with Gasteiger partial charge in [-0.2, -0.15) is 0 Å². The number of nitrogens with zero attached hydrogens (tertiary/aromatic N) is 3. The Morgan fingerprint density at radius 1 is 0.933 bits per heavy atom. The molecule has 30 heavy (non-hydrogen) atoms. The maximum Gasteiger partial charge on any atom is 0.0731 e. The average molecular weight is 400 g/mol. The molecule has 0 saturated heterocycles. The van der Waals surface area contributed by atoms with Crippen LogP contribution in [0.5, 0.6) is 0 Å². The molecule has 0 aliphatic rings. The van der Waals surface area contributed by atoms with Crippen molar-refractivity contribution < 1.29 is 0 Å². The molecular formula is C27H33N3. The van der Waals surface area contributed by atoms with Gasteiger partial charge in [0, 0.05) is 36.8 Å². The largest absolute Gasteiger partial charge is 0.296 e. The van der Waals surface area contributed by atoms with Gasteiger partial charge >= 0.3 is 0 Å². The molecule has 3 heteroatoms. The van der Waals surface area contributed by atoms with E-state index in [0.717, 1.165) is 33.7 Å². The normalized spacial score (nSPS) is 10.5. The maximum atomic E-state index is 4.84. The van der Waals surface area contributed by atoms with Gasteiger partial charge < -0.3 is 0 Å². The molecule has 2 aromatic heterocycles. The second-order valence-electron chi connectivity index (χ2n) is 5.98. The molecule has 0 unspecified atom stereocenters. The summed E-state index contributed by atoms with van der Waals surface area (Å²) < 4.78 is 0. The number of hydrogen-bond acceptors (Lipinski definition) is 3. The highest BCUT2D eigenvalue weighted by Crippen LogP contribution is 2.28. The molecule has 0 saturated carbocycles. The van der Waals surface area contributed by atoms with Crippen LogP contribution >= 0.6 is 0 Å². The zero-order valence-electron chi connectivity index (χ0n) is 19.1. The average Bonchev–Trinajstić information content (AvgIpc) is 2.82. The molecule has 3 nitrogen and oxygen atoms in total. The van der Waals surface area contributed by atoms with E-state index in [0.29, 0.717) is 0 Å². The van der Waals surface area contributed by atoms with Gasteiger partial charge in [0.1, 0.15) is 0 Å². The van der Waals surface area contributed by atoms with Crippen molar-refractivity contribution >= 4 is 11.8 Å². The van der Waals surface area contributed by atoms with Crippen molar-refractivity contribution in [3.05, 3.63) is 90.9 Å². The summed E-state index contributed by atoms with van der Waals surface area (Å²) >= 11 is 0. The summed E-state index contributed by atoms with van der Waals surface area (Å²) in [4.78, 5) is 13.2. The number of pyridine rings is 2. The van der Waals surface area contributed by atoms with Crippen LogP contribution in [0, 0.1) is 6.92 Å². The first-order chi connectivity index (χ1) is 14.7. The number of allylic oxidation sites excluding steroid dienone is 3. The Balaban J connectivity index is 0.00000106. The number of aliphatic imine (C=N–C) groups is 1. The van der Waals surface area contributed by atoms with Crippen molar-refractivity contribution in [2.75, 3.05) is 7.05 Å². The molecule has 3 aromatic rings. The van der Waals surface area contributed by atoms with Gasteiger partial charge in [0.05, 0.1) is 11.4 Å². The lowest BCUT2D eigenvalue weighted by Gasteiger charge is -2.10. The lowest BCUT2D eigenvalue weighted by Crippen LogP contribution is -1.96. The first-order valence-corrected chi connectivity index (χ1v) is 10.5. The molecule has 3 rings (SSSR count). The van der Waals surface area contributed by atoms with Crippen LogP contribution in [-0.4, -0.2) is 23.2 Å². The molecule has 0 spiro atoms. The molecule has 0 radical (unpaired) electrons. The summed E-state index contributed by atoms with van der Waals surface area (Å²) in [7, 11) is 1.75. The molecule has 0 fully saturated rings. The Hall–Kier alpha value is -3.33. The zero-order valence-corrected chi connectivity index (χ0v) is 19.1. The van der Waals surface area contributed by atoms with Gasteiger partial charge in [-0.1, -0.05) is 76.3 Å². The second-order valence-corrected chi connectivity index (χ2v) is 5.98. The fraction of sp³-hybridized carbons (Fsp3) is 0.222. The third-order valence-corrected chi connectivity index (χ3v) is 4.00. The molecule has 0 N–H and O–H groups in total. The fourth-order valence-electron chi connectivity index (χ4n) is 2.79. The predicted molar refractivity (Wildman–Crippen MR) is 133 cm³/mol. The molecule has 156 valence electrons. The Bertz CT molecular complexity index is 970. The summed E-state index contributed by atoms with van der Waals surface area (Å²) in [6.45, 7) is 13.9. The highest BCUT2D eigenvalue weighted by Gasteiger charge is 2.09. The third-order valence-electron chi connectivity index (χ3n) is 4.00. The maximum absolute atomic E-state index is 4.84. The first-order valence-electron chi connectivity index (χ1n) is 10.5. The van der Waals surface area contributed by atoms with E-state index >= 15 is 0 Å². The molecule has 0 atom stereocenters. The van der Waals surface area contributed by atoms with Gasteiger partial charge in [-0.15, -0.1) is 0 Å². The lowest BCUT2D eigenvalue weighted by atomic mass is 9.99. The molecular weight excluding hydrogens is 366 g/mol. The Morgan fingerprint density at radius 3 is 2.27 bits per heavy atom. The Kier molecular flexibility index (Phi) is 11.3. The van der Waals surface area contributed by atoms with Crippen molar-refractivity contribution in [2.24, 2.45) is 4.99 Å². The summed E-state index contributed by atoms with van der Waals surface area (Å²) in [5, 5.41) is 0.